The first kappa shape index (κ1) is 24.0. The second-order valence-electron chi connectivity index (χ2n) is 8.55. The summed E-state index contributed by atoms with van der Waals surface area (Å²) < 4.78 is 62.3. The minimum Gasteiger partial charge on any atom is -0.484 e. The first-order valence-corrected chi connectivity index (χ1v) is 10.3. The van der Waals surface area contributed by atoms with Crippen LogP contribution in [0.1, 0.15) is 19.4 Å². The van der Waals surface area contributed by atoms with Gasteiger partial charge in [0.1, 0.15) is 16.9 Å². The van der Waals surface area contributed by atoms with E-state index < -0.39 is 47.8 Å². The van der Waals surface area contributed by atoms with Crippen LogP contribution in [0.2, 0.25) is 0 Å². The zero-order chi connectivity index (χ0) is 24.7. The summed E-state index contributed by atoms with van der Waals surface area (Å²) in [5, 5.41) is 12.7. The number of benzene rings is 2. The summed E-state index contributed by atoms with van der Waals surface area (Å²) in [4.78, 5) is 24.1. The van der Waals surface area contributed by atoms with Crippen LogP contribution in [0, 0.1) is 0 Å². The van der Waals surface area contributed by atoms with Crippen molar-refractivity contribution in [2.75, 3.05) is 26.4 Å². The number of aliphatic hydroxyl groups is 1. The third-order valence-electron chi connectivity index (χ3n) is 5.47. The van der Waals surface area contributed by atoms with Crippen LogP contribution >= 0.6 is 0 Å². The van der Waals surface area contributed by atoms with Crippen molar-refractivity contribution >= 4 is 27.6 Å². The molecular weight excluding hydrogens is 459 g/mol. The Morgan fingerprint density at radius 3 is 2.47 bits per heavy atom. The number of aliphatic hydroxyl groups excluding tert-OH is 1. The zero-order valence-corrected chi connectivity index (χ0v) is 18.3. The molecular formula is C23H22F3NO7. The molecule has 1 saturated heterocycles. The van der Waals surface area contributed by atoms with E-state index in [0.29, 0.717) is 11.5 Å². The molecule has 34 heavy (non-hydrogen) atoms. The number of carbonyl (C=O) groups is 1. The Bertz CT molecular complexity index is 1290. The highest BCUT2D eigenvalue weighted by molar-refractivity contribution is 6.07. The van der Waals surface area contributed by atoms with Gasteiger partial charge in [0.05, 0.1) is 25.4 Å². The molecule has 8 nitrogen and oxygen atoms in total. The third kappa shape index (κ3) is 4.86. The van der Waals surface area contributed by atoms with Gasteiger partial charge in [-0.2, -0.15) is 13.2 Å². The predicted molar refractivity (Wildman–Crippen MR) is 114 cm³/mol. The van der Waals surface area contributed by atoms with Crippen LogP contribution in [0.5, 0.6) is 5.75 Å². The molecule has 0 spiro atoms. The SMILES string of the molecule is CC1(C)OCC(CO)(NC(=O)COc2ccc3ccc4oc(=O)cc(C(F)(F)F)c4c3c2)CO1. The number of ether oxygens (including phenoxy) is 3. The molecule has 0 aliphatic carbocycles. The van der Waals surface area contributed by atoms with Crippen molar-refractivity contribution in [3.63, 3.8) is 0 Å². The lowest BCUT2D eigenvalue weighted by Gasteiger charge is -2.42. The van der Waals surface area contributed by atoms with Crippen molar-refractivity contribution < 1.29 is 41.7 Å². The van der Waals surface area contributed by atoms with Crippen LogP contribution in [0.4, 0.5) is 13.2 Å². The van der Waals surface area contributed by atoms with Crippen molar-refractivity contribution in [3.8, 4) is 5.75 Å². The monoisotopic (exact) mass is 481 g/mol. The number of amides is 1. The van der Waals surface area contributed by atoms with Gasteiger partial charge in [0.25, 0.3) is 5.91 Å². The van der Waals surface area contributed by atoms with E-state index in [-0.39, 0.29) is 35.3 Å². The van der Waals surface area contributed by atoms with Crippen LogP contribution < -0.4 is 15.7 Å². The Hall–Kier alpha value is -3.15. The van der Waals surface area contributed by atoms with Gasteiger partial charge in [-0.1, -0.05) is 12.1 Å². The predicted octanol–water partition coefficient (Wildman–Crippen LogP) is 2.97. The van der Waals surface area contributed by atoms with Gasteiger partial charge in [0.15, 0.2) is 12.4 Å². The molecule has 1 fully saturated rings. The highest BCUT2D eigenvalue weighted by Crippen LogP contribution is 2.38. The summed E-state index contributed by atoms with van der Waals surface area (Å²) in [5.41, 5.74) is -3.59. The van der Waals surface area contributed by atoms with Gasteiger partial charge in [0, 0.05) is 11.5 Å². The number of nitrogens with one attached hydrogen (secondary N) is 1. The molecule has 0 radical (unpaired) electrons. The molecule has 3 aromatic rings. The van der Waals surface area contributed by atoms with E-state index in [1.165, 1.54) is 30.3 Å². The van der Waals surface area contributed by atoms with Gasteiger partial charge in [-0.3, -0.25) is 4.79 Å². The standard InChI is InChI=1S/C23H22F3NO7/c1-21(2)32-11-22(10-28,12-33-21)27-18(29)9-31-14-5-3-13-4-6-17-20(15(13)7-14)16(23(24,25)26)8-19(30)34-17/h3-8,28H,9-12H2,1-2H3,(H,27,29). The van der Waals surface area contributed by atoms with Crippen LogP contribution in [0.15, 0.2) is 45.6 Å². The van der Waals surface area contributed by atoms with Crippen molar-refractivity contribution in [2.24, 2.45) is 0 Å². The molecule has 1 aromatic heterocycles. The number of fused-ring (bicyclic) bond motifs is 3. The normalized spacial score (nSPS) is 17.6. The number of hydrogen-bond acceptors (Lipinski definition) is 7. The number of hydrogen-bond donors (Lipinski definition) is 2. The van der Waals surface area contributed by atoms with Gasteiger partial charge >= 0.3 is 11.8 Å². The lowest BCUT2D eigenvalue weighted by Crippen LogP contribution is -2.63. The number of halogens is 3. The van der Waals surface area contributed by atoms with Crippen LogP contribution in [0.25, 0.3) is 21.7 Å². The first-order chi connectivity index (χ1) is 15.9. The third-order valence-corrected chi connectivity index (χ3v) is 5.47. The molecule has 0 saturated carbocycles. The molecule has 2 heterocycles. The highest BCUT2D eigenvalue weighted by atomic mass is 19.4. The molecule has 0 bridgehead atoms. The van der Waals surface area contributed by atoms with Gasteiger partial charge in [-0.15, -0.1) is 0 Å². The summed E-state index contributed by atoms with van der Waals surface area (Å²) >= 11 is 0. The topological polar surface area (TPSA) is 107 Å². The first-order valence-electron chi connectivity index (χ1n) is 10.3. The summed E-state index contributed by atoms with van der Waals surface area (Å²) in [6.45, 7) is 2.56. The average Bonchev–Trinajstić information content (AvgIpc) is 2.78. The molecule has 1 aliphatic heterocycles. The second-order valence-corrected chi connectivity index (χ2v) is 8.55. The molecule has 2 N–H and O–H groups in total. The summed E-state index contributed by atoms with van der Waals surface area (Å²) in [7, 11) is 0. The lowest BCUT2D eigenvalue weighted by atomic mass is 10.0. The maximum absolute atomic E-state index is 13.6. The van der Waals surface area contributed by atoms with Crippen LogP contribution in [-0.2, 0) is 20.4 Å². The summed E-state index contributed by atoms with van der Waals surface area (Å²) in [6, 6.07) is 7.61. The number of alkyl halides is 3. The quantitative estimate of drug-likeness (QED) is 0.426. The van der Waals surface area contributed by atoms with E-state index in [2.05, 4.69) is 5.32 Å². The van der Waals surface area contributed by atoms with E-state index in [1.807, 2.05) is 0 Å². The van der Waals surface area contributed by atoms with Crippen molar-refractivity contribution in [3.05, 3.63) is 52.4 Å². The Morgan fingerprint density at radius 2 is 1.82 bits per heavy atom. The fraction of sp³-hybridized carbons (Fsp3) is 0.391. The average molecular weight is 481 g/mol. The Morgan fingerprint density at radius 1 is 1.15 bits per heavy atom. The van der Waals surface area contributed by atoms with E-state index in [4.69, 9.17) is 18.6 Å². The molecule has 182 valence electrons. The molecule has 1 amide bonds. The smallest absolute Gasteiger partial charge is 0.417 e. The van der Waals surface area contributed by atoms with Gasteiger partial charge in [0.2, 0.25) is 0 Å². The van der Waals surface area contributed by atoms with E-state index in [9.17, 15) is 27.9 Å². The van der Waals surface area contributed by atoms with Gasteiger partial charge in [-0.25, -0.2) is 4.79 Å². The van der Waals surface area contributed by atoms with Crippen molar-refractivity contribution in [1.82, 2.24) is 5.32 Å². The molecule has 0 atom stereocenters. The Labute approximate surface area is 191 Å². The number of rotatable bonds is 5. The molecule has 0 unspecified atom stereocenters. The van der Waals surface area contributed by atoms with Crippen LogP contribution in [0.3, 0.4) is 0 Å². The largest absolute Gasteiger partial charge is 0.484 e. The Balaban J connectivity index is 1.58. The lowest BCUT2D eigenvalue weighted by molar-refractivity contribution is -0.274. The maximum Gasteiger partial charge on any atom is 0.417 e. The van der Waals surface area contributed by atoms with Gasteiger partial charge in [-0.05, 0) is 42.8 Å². The zero-order valence-electron chi connectivity index (χ0n) is 18.3. The molecule has 11 heteroatoms. The van der Waals surface area contributed by atoms with Crippen molar-refractivity contribution in [2.45, 2.75) is 31.3 Å². The van der Waals surface area contributed by atoms with Crippen LogP contribution in [-0.4, -0.2) is 48.8 Å². The summed E-state index contributed by atoms with van der Waals surface area (Å²) in [5.74, 6) is -1.30. The second kappa shape index (κ2) is 8.57. The fourth-order valence-corrected chi connectivity index (χ4v) is 3.67. The fourth-order valence-electron chi connectivity index (χ4n) is 3.67. The van der Waals surface area contributed by atoms with E-state index in [0.717, 1.165) is 0 Å². The minimum absolute atomic E-state index is 0.0234. The van der Waals surface area contributed by atoms with E-state index in [1.54, 1.807) is 13.8 Å². The molecule has 1 aliphatic rings. The van der Waals surface area contributed by atoms with Gasteiger partial charge < -0.3 is 29.1 Å². The molecule has 2 aromatic carbocycles. The molecule has 4 rings (SSSR count). The van der Waals surface area contributed by atoms with E-state index >= 15 is 0 Å². The van der Waals surface area contributed by atoms with Crippen molar-refractivity contribution in [1.29, 1.82) is 0 Å². The number of carbonyl (C=O) groups excluding carboxylic acids is 1. The highest BCUT2D eigenvalue weighted by Gasteiger charge is 2.41. The minimum atomic E-state index is -4.78. The Kier molecular flexibility index (Phi) is 6.05. The summed E-state index contributed by atoms with van der Waals surface area (Å²) in [6.07, 6.45) is -4.78. The maximum atomic E-state index is 13.6.